The fourth-order valence-electron chi connectivity index (χ4n) is 3.24. The monoisotopic (exact) mass is 270 g/mol. The van der Waals surface area contributed by atoms with E-state index in [0.29, 0.717) is 17.9 Å². The molecule has 0 saturated carbocycles. The van der Waals surface area contributed by atoms with Gasteiger partial charge in [0.05, 0.1) is 6.10 Å². The molecule has 1 nitrogen and oxygen atoms in total. The smallest absolute Gasteiger partial charge is 0.128 e. The van der Waals surface area contributed by atoms with E-state index in [-0.39, 0.29) is 5.82 Å². The first kappa shape index (κ1) is 13.3. The molecule has 2 unspecified atom stereocenters. The van der Waals surface area contributed by atoms with Gasteiger partial charge < -0.3 is 5.11 Å². The molecule has 0 spiro atoms. The molecular formula is C18H19FO. The van der Waals surface area contributed by atoms with E-state index in [1.54, 1.807) is 18.2 Å². The Balaban J connectivity index is 1.81. The van der Waals surface area contributed by atoms with Crippen molar-refractivity contribution >= 4 is 0 Å². The average Bonchev–Trinajstić information content (AvgIpc) is 2.48. The minimum absolute atomic E-state index is 0.316. The highest BCUT2D eigenvalue weighted by atomic mass is 19.1. The molecule has 3 rings (SSSR count). The molecule has 2 heteroatoms. The zero-order chi connectivity index (χ0) is 13.9. The van der Waals surface area contributed by atoms with Crippen LogP contribution in [0.25, 0.3) is 0 Å². The molecule has 0 heterocycles. The van der Waals surface area contributed by atoms with E-state index in [0.717, 1.165) is 19.3 Å². The standard InChI is InChI=1S/C18H19FO/c19-17-11-4-3-10-16(17)18(20)12-14-8-5-7-13-6-1-2-9-15(13)14/h1-4,6,9-11,14,18,20H,5,7-8,12H2. The number of hydrogen-bond acceptors (Lipinski definition) is 1. The summed E-state index contributed by atoms with van der Waals surface area (Å²) in [5.74, 6) is 0.0126. The Morgan fingerprint density at radius 1 is 1.10 bits per heavy atom. The van der Waals surface area contributed by atoms with Crippen molar-refractivity contribution in [2.24, 2.45) is 0 Å². The lowest BCUT2D eigenvalue weighted by Gasteiger charge is -2.27. The molecule has 1 aliphatic carbocycles. The third-order valence-corrected chi connectivity index (χ3v) is 4.27. The molecule has 2 aromatic carbocycles. The highest BCUT2D eigenvalue weighted by Crippen LogP contribution is 2.37. The molecule has 0 aromatic heterocycles. The van der Waals surface area contributed by atoms with Crippen LogP contribution in [0.2, 0.25) is 0 Å². The summed E-state index contributed by atoms with van der Waals surface area (Å²) in [6.45, 7) is 0. The molecule has 0 aliphatic heterocycles. The summed E-state index contributed by atoms with van der Waals surface area (Å²) in [4.78, 5) is 0. The van der Waals surface area contributed by atoms with Crippen molar-refractivity contribution in [1.82, 2.24) is 0 Å². The van der Waals surface area contributed by atoms with Gasteiger partial charge in [-0.1, -0.05) is 42.5 Å². The van der Waals surface area contributed by atoms with Crippen molar-refractivity contribution in [3.05, 3.63) is 71.0 Å². The van der Waals surface area contributed by atoms with Crippen molar-refractivity contribution in [3.63, 3.8) is 0 Å². The number of halogens is 1. The first-order valence-corrected chi connectivity index (χ1v) is 7.26. The molecule has 1 aliphatic rings. The third kappa shape index (κ3) is 2.61. The summed E-state index contributed by atoms with van der Waals surface area (Å²) in [6, 6.07) is 14.9. The van der Waals surface area contributed by atoms with Gasteiger partial charge in [-0.3, -0.25) is 0 Å². The number of benzene rings is 2. The molecular weight excluding hydrogens is 251 g/mol. The second-order valence-corrected chi connectivity index (χ2v) is 5.56. The SMILES string of the molecule is OC(CC1CCCc2ccccc21)c1ccccc1F. The fraction of sp³-hybridized carbons (Fsp3) is 0.333. The lowest BCUT2D eigenvalue weighted by atomic mass is 9.79. The predicted molar refractivity (Wildman–Crippen MR) is 78.1 cm³/mol. The predicted octanol–water partition coefficient (Wildman–Crippen LogP) is 4.37. The maximum atomic E-state index is 13.7. The van der Waals surface area contributed by atoms with Crippen LogP contribution in [0.15, 0.2) is 48.5 Å². The van der Waals surface area contributed by atoms with Crippen LogP contribution in [0.3, 0.4) is 0 Å². The zero-order valence-corrected chi connectivity index (χ0v) is 11.4. The average molecular weight is 270 g/mol. The summed E-state index contributed by atoms with van der Waals surface area (Å²) >= 11 is 0. The van der Waals surface area contributed by atoms with Crippen molar-refractivity contribution in [2.75, 3.05) is 0 Å². The van der Waals surface area contributed by atoms with Crippen LogP contribution in [0.5, 0.6) is 0 Å². The molecule has 0 bridgehead atoms. The van der Waals surface area contributed by atoms with E-state index >= 15 is 0 Å². The Kier molecular flexibility index (Phi) is 3.83. The number of rotatable bonds is 3. The lowest BCUT2D eigenvalue weighted by Crippen LogP contribution is -2.13. The Bertz CT molecular complexity index is 593. The van der Waals surface area contributed by atoms with Crippen molar-refractivity contribution < 1.29 is 9.50 Å². The van der Waals surface area contributed by atoms with Crippen LogP contribution in [-0.4, -0.2) is 5.11 Å². The molecule has 104 valence electrons. The van der Waals surface area contributed by atoms with Crippen LogP contribution in [0.4, 0.5) is 4.39 Å². The maximum Gasteiger partial charge on any atom is 0.128 e. The molecule has 20 heavy (non-hydrogen) atoms. The van der Waals surface area contributed by atoms with E-state index in [4.69, 9.17) is 0 Å². The fourth-order valence-corrected chi connectivity index (χ4v) is 3.24. The summed E-state index contributed by atoms with van der Waals surface area (Å²) in [6.07, 6.45) is 3.20. The Morgan fingerprint density at radius 3 is 2.70 bits per heavy atom. The van der Waals surface area contributed by atoms with Gasteiger partial charge in [0.25, 0.3) is 0 Å². The van der Waals surface area contributed by atoms with Gasteiger partial charge in [-0.2, -0.15) is 0 Å². The first-order valence-electron chi connectivity index (χ1n) is 7.26. The summed E-state index contributed by atoms with van der Waals surface area (Å²) in [7, 11) is 0. The summed E-state index contributed by atoms with van der Waals surface area (Å²) < 4.78 is 13.7. The Labute approximate surface area is 119 Å². The minimum atomic E-state index is -0.729. The van der Waals surface area contributed by atoms with Gasteiger partial charge in [-0.05, 0) is 48.8 Å². The zero-order valence-electron chi connectivity index (χ0n) is 11.4. The number of aliphatic hydroxyl groups excluding tert-OH is 1. The number of hydrogen-bond donors (Lipinski definition) is 1. The van der Waals surface area contributed by atoms with Crippen LogP contribution < -0.4 is 0 Å². The highest BCUT2D eigenvalue weighted by molar-refractivity contribution is 5.33. The number of aliphatic hydroxyl groups is 1. The number of fused-ring (bicyclic) bond motifs is 1. The van der Waals surface area contributed by atoms with Gasteiger partial charge in [0, 0.05) is 5.56 Å². The van der Waals surface area contributed by atoms with E-state index in [2.05, 4.69) is 18.2 Å². The summed E-state index contributed by atoms with van der Waals surface area (Å²) in [5, 5.41) is 10.3. The van der Waals surface area contributed by atoms with Crippen molar-refractivity contribution in [2.45, 2.75) is 37.7 Å². The minimum Gasteiger partial charge on any atom is -0.388 e. The summed E-state index contributed by atoms with van der Waals surface area (Å²) in [5.41, 5.74) is 3.12. The molecule has 0 radical (unpaired) electrons. The van der Waals surface area contributed by atoms with Gasteiger partial charge in [0.2, 0.25) is 0 Å². The van der Waals surface area contributed by atoms with E-state index in [1.165, 1.54) is 17.2 Å². The van der Waals surface area contributed by atoms with Crippen LogP contribution in [-0.2, 0) is 6.42 Å². The highest BCUT2D eigenvalue weighted by Gasteiger charge is 2.24. The molecule has 2 atom stereocenters. The van der Waals surface area contributed by atoms with Gasteiger partial charge >= 0.3 is 0 Å². The lowest BCUT2D eigenvalue weighted by molar-refractivity contribution is 0.150. The molecule has 0 amide bonds. The Morgan fingerprint density at radius 2 is 1.85 bits per heavy atom. The first-order chi connectivity index (χ1) is 9.75. The van der Waals surface area contributed by atoms with E-state index in [1.807, 2.05) is 6.07 Å². The topological polar surface area (TPSA) is 20.2 Å². The molecule has 0 fully saturated rings. The molecule has 1 N–H and O–H groups in total. The van der Waals surface area contributed by atoms with Crippen molar-refractivity contribution in [1.29, 1.82) is 0 Å². The quantitative estimate of drug-likeness (QED) is 0.878. The van der Waals surface area contributed by atoms with Gasteiger partial charge in [-0.15, -0.1) is 0 Å². The van der Waals surface area contributed by atoms with Gasteiger partial charge in [-0.25, -0.2) is 4.39 Å². The van der Waals surface area contributed by atoms with Gasteiger partial charge in [0.15, 0.2) is 0 Å². The molecule has 0 saturated heterocycles. The Hall–Kier alpha value is -1.67. The second-order valence-electron chi connectivity index (χ2n) is 5.56. The van der Waals surface area contributed by atoms with E-state index in [9.17, 15) is 9.50 Å². The number of aryl methyl sites for hydroxylation is 1. The normalized spacial score (nSPS) is 19.4. The van der Waals surface area contributed by atoms with E-state index < -0.39 is 6.10 Å². The van der Waals surface area contributed by atoms with Crippen LogP contribution in [0.1, 0.15) is 48.0 Å². The van der Waals surface area contributed by atoms with Crippen LogP contribution >= 0.6 is 0 Å². The molecule has 2 aromatic rings. The van der Waals surface area contributed by atoms with Gasteiger partial charge in [0.1, 0.15) is 5.82 Å². The van der Waals surface area contributed by atoms with Crippen LogP contribution in [0, 0.1) is 5.82 Å². The van der Waals surface area contributed by atoms with Crippen molar-refractivity contribution in [3.8, 4) is 0 Å². The largest absolute Gasteiger partial charge is 0.388 e. The third-order valence-electron chi connectivity index (χ3n) is 4.27. The maximum absolute atomic E-state index is 13.7. The second kappa shape index (κ2) is 5.76.